The highest BCUT2D eigenvalue weighted by Crippen LogP contribution is 2.44. The molecule has 2 fully saturated rings. The van der Waals surface area contributed by atoms with Gasteiger partial charge in [0.1, 0.15) is 0 Å². The van der Waals surface area contributed by atoms with Crippen LogP contribution in [-0.2, 0) is 17.9 Å². The Bertz CT molecular complexity index is 749. The summed E-state index contributed by atoms with van der Waals surface area (Å²) in [5.41, 5.74) is 2.29. The van der Waals surface area contributed by atoms with Crippen LogP contribution in [0.4, 0.5) is 0 Å². The van der Waals surface area contributed by atoms with E-state index in [2.05, 4.69) is 41.2 Å². The van der Waals surface area contributed by atoms with Crippen LogP contribution in [0.25, 0.3) is 0 Å². The van der Waals surface area contributed by atoms with Crippen LogP contribution < -0.4 is 0 Å². The van der Waals surface area contributed by atoms with Gasteiger partial charge in [0.25, 0.3) is 6.47 Å². The van der Waals surface area contributed by atoms with E-state index in [1.165, 1.54) is 24.0 Å². The first-order chi connectivity index (χ1) is 13.6. The molecule has 2 aromatic rings. The number of fused-ring (bicyclic) bond motifs is 1. The summed E-state index contributed by atoms with van der Waals surface area (Å²) in [6, 6.07) is 10.7. The summed E-state index contributed by atoms with van der Waals surface area (Å²) < 4.78 is 1.98. The van der Waals surface area contributed by atoms with Crippen molar-refractivity contribution in [1.29, 1.82) is 0 Å². The van der Waals surface area contributed by atoms with Crippen LogP contribution in [0.3, 0.4) is 0 Å². The summed E-state index contributed by atoms with van der Waals surface area (Å²) in [4.78, 5) is 10.9. The number of rotatable bonds is 5. The Labute approximate surface area is 166 Å². The van der Waals surface area contributed by atoms with E-state index >= 15 is 0 Å². The lowest BCUT2D eigenvalue weighted by atomic mass is 9.69. The molecule has 2 heterocycles. The van der Waals surface area contributed by atoms with Crippen molar-refractivity contribution < 1.29 is 15.0 Å². The third kappa shape index (κ3) is 4.62. The molecule has 0 bridgehead atoms. The van der Waals surface area contributed by atoms with E-state index in [-0.39, 0.29) is 6.47 Å². The summed E-state index contributed by atoms with van der Waals surface area (Å²) in [5, 5.41) is 22.3. The normalized spacial score (nSPS) is 26.9. The van der Waals surface area contributed by atoms with Gasteiger partial charge in [-0.1, -0.05) is 37.6 Å². The molecule has 6 nitrogen and oxygen atoms in total. The molecule has 3 atom stereocenters. The van der Waals surface area contributed by atoms with Crippen molar-refractivity contribution in [3.05, 3.63) is 53.9 Å². The van der Waals surface area contributed by atoms with Gasteiger partial charge < -0.3 is 10.2 Å². The fourth-order valence-corrected chi connectivity index (χ4v) is 4.96. The van der Waals surface area contributed by atoms with Gasteiger partial charge in [-0.3, -0.25) is 14.4 Å². The summed E-state index contributed by atoms with van der Waals surface area (Å²) in [5.74, 6) is 1.11. The molecule has 0 radical (unpaired) electrons. The monoisotopic (exact) mass is 385 g/mol. The number of aromatic nitrogens is 2. The second-order valence-electron chi connectivity index (χ2n) is 7.99. The average Bonchev–Trinajstić information content (AvgIpc) is 3.34. The highest BCUT2D eigenvalue weighted by Gasteiger charge is 2.47. The number of carbonyl (C=O) groups is 1. The van der Waals surface area contributed by atoms with Gasteiger partial charge in [-0.15, -0.1) is 0 Å². The fourth-order valence-electron chi connectivity index (χ4n) is 4.96. The van der Waals surface area contributed by atoms with E-state index in [0.29, 0.717) is 11.8 Å². The van der Waals surface area contributed by atoms with Gasteiger partial charge in [0.05, 0.1) is 12.1 Å². The highest BCUT2D eigenvalue weighted by atomic mass is 16.3. The molecular formula is C22H31N3O3. The number of carboxylic acid groups (broad SMARTS) is 1. The largest absolute Gasteiger partial charge is 0.483 e. The molecule has 28 heavy (non-hydrogen) atoms. The maximum Gasteiger partial charge on any atom is 0.290 e. The molecule has 2 N–H and O–H groups in total. The lowest BCUT2D eigenvalue weighted by Crippen LogP contribution is -2.44. The van der Waals surface area contributed by atoms with Gasteiger partial charge in [0.2, 0.25) is 0 Å². The van der Waals surface area contributed by atoms with E-state index in [9.17, 15) is 5.11 Å². The fraction of sp³-hybridized carbons (Fsp3) is 0.545. The Morgan fingerprint density at radius 2 is 1.93 bits per heavy atom. The van der Waals surface area contributed by atoms with Crippen LogP contribution >= 0.6 is 0 Å². The van der Waals surface area contributed by atoms with Gasteiger partial charge in [-0.05, 0) is 42.4 Å². The molecular weight excluding hydrogens is 354 g/mol. The standard InChI is InChI=1S/C21H29N3O.CH2O2/c1-2-21(25)10-5-9-19-14-23(16-20(19)21)13-17-7-3-4-8-18(17)15-24-12-6-11-22-24;2-1-3/h3-4,6-8,11-12,19-20,25H,2,5,9-10,13-16H2,1H3;1H,(H,2,3)/t19-,20+,21-;/m0./s1. The first kappa shape index (κ1) is 20.6. The molecule has 4 rings (SSSR count). The molecule has 1 aromatic heterocycles. The van der Waals surface area contributed by atoms with Gasteiger partial charge in [-0.25, -0.2) is 0 Å². The molecule has 0 spiro atoms. The Morgan fingerprint density at radius 1 is 1.21 bits per heavy atom. The van der Waals surface area contributed by atoms with Crippen LogP contribution in [0.2, 0.25) is 0 Å². The van der Waals surface area contributed by atoms with Crippen molar-refractivity contribution >= 4 is 6.47 Å². The topological polar surface area (TPSA) is 78.6 Å². The smallest absolute Gasteiger partial charge is 0.290 e. The zero-order valence-corrected chi connectivity index (χ0v) is 16.6. The molecule has 0 amide bonds. The third-order valence-corrected chi connectivity index (χ3v) is 6.41. The Hall–Kier alpha value is -2.18. The Balaban J connectivity index is 0.000000706. The van der Waals surface area contributed by atoms with Crippen LogP contribution in [0.5, 0.6) is 0 Å². The van der Waals surface area contributed by atoms with Crippen molar-refractivity contribution in [2.75, 3.05) is 13.1 Å². The molecule has 0 unspecified atom stereocenters. The maximum atomic E-state index is 11.0. The van der Waals surface area contributed by atoms with Crippen LogP contribution in [0, 0.1) is 11.8 Å². The number of aliphatic hydroxyl groups is 1. The summed E-state index contributed by atoms with van der Waals surface area (Å²) >= 11 is 0. The van der Waals surface area contributed by atoms with E-state index < -0.39 is 5.60 Å². The zero-order chi connectivity index (χ0) is 20.0. The number of hydrogen-bond acceptors (Lipinski definition) is 4. The van der Waals surface area contributed by atoms with Crippen molar-refractivity contribution in [2.45, 2.75) is 51.3 Å². The van der Waals surface area contributed by atoms with Gasteiger partial charge in [-0.2, -0.15) is 5.10 Å². The molecule has 152 valence electrons. The van der Waals surface area contributed by atoms with Crippen LogP contribution in [0.1, 0.15) is 43.7 Å². The predicted molar refractivity (Wildman–Crippen MR) is 108 cm³/mol. The minimum atomic E-state index is -0.438. The molecule has 2 aliphatic rings. The second kappa shape index (κ2) is 9.34. The number of likely N-dealkylation sites (tertiary alicyclic amines) is 1. The van der Waals surface area contributed by atoms with Crippen LogP contribution in [-0.4, -0.2) is 50.1 Å². The van der Waals surface area contributed by atoms with E-state index in [1.54, 1.807) is 0 Å². The predicted octanol–water partition coefficient (Wildman–Crippen LogP) is 3.01. The van der Waals surface area contributed by atoms with Crippen molar-refractivity contribution in [3.8, 4) is 0 Å². The van der Waals surface area contributed by atoms with Gasteiger partial charge >= 0.3 is 0 Å². The molecule has 1 saturated carbocycles. The highest BCUT2D eigenvalue weighted by molar-refractivity contribution is 5.32. The number of hydrogen-bond donors (Lipinski definition) is 2. The van der Waals surface area contributed by atoms with Gasteiger partial charge in [0.15, 0.2) is 0 Å². The first-order valence-corrected chi connectivity index (χ1v) is 10.2. The van der Waals surface area contributed by atoms with Crippen molar-refractivity contribution in [2.24, 2.45) is 11.8 Å². The molecule has 1 aliphatic carbocycles. The van der Waals surface area contributed by atoms with E-state index in [1.807, 2.05) is 23.1 Å². The lowest BCUT2D eigenvalue weighted by molar-refractivity contribution is -0.122. The summed E-state index contributed by atoms with van der Waals surface area (Å²) in [7, 11) is 0. The molecule has 6 heteroatoms. The quantitative estimate of drug-likeness (QED) is 0.774. The van der Waals surface area contributed by atoms with Crippen molar-refractivity contribution in [1.82, 2.24) is 14.7 Å². The minimum absolute atomic E-state index is 0.250. The minimum Gasteiger partial charge on any atom is -0.483 e. The SMILES string of the molecule is CC[C@]1(O)CCC[C@H]2CN(Cc3ccccc3Cn3cccn3)C[C@H]21.O=CO. The number of nitrogens with zero attached hydrogens (tertiary/aromatic N) is 3. The lowest BCUT2D eigenvalue weighted by Gasteiger charge is -2.40. The summed E-state index contributed by atoms with van der Waals surface area (Å²) in [6.07, 6.45) is 8.17. The van der Waals surface area contributed by atoms with Gasteiger partial charge in [0, 0.05) is 37.9 Å². The van der Waals surface area contributed by atoms with Crippen molar-refractivity contribution in [3.63, 3.8) is 0 Å². The molecule has 1 aromatic carbocycles. The number of benzene rings is 1. The third-order valence-electron chi connectivity index (χ3n) is 6.41. The Morgan fingerprint density at radius 3 is 2.57 bits per heavy atom. The Kier molecular flexibility index (Phi) is 6.86. The zero-order valence-electron chi connectivity index (χ0n) is 16.6. The second-order valence-corrected chi connectivity index (χ2v) is 7.99. The maximum absolute atomic E-state index is 11.0. The van der Waals surface area contributed by atoms with E-state index in [0.717, 1.165) is 39.0 Å². The van der Waals surface area contributed by atoms with Crippen LogP contribution in [0.15, 0.2) is 42.7 Å². The molecule has 1 aliphatic heterocycles. The molecule has 1 saturated heterocycles. The van der Waals surface area contributed by atoms with E-state index in [4.69, 9.17) is 9.90 Å². The average molecular weight is 386 g/mol. The summed E-state index contributed by atoms with van der Waals surface area (Å²) in [6.45, 7) is 5.85. The first-order valence-electron chi connectivity index (χ1n) is 10.2.